The van der Waals surface area contributed by atoms with Gasteiger partial charge in [-0.05, 0) is 46.0 Å². The van der Waals surface area contributed by atoms with E-state index in [2.05, 4.69) is 23.4 Å². The molecule has 1 aromatic rings. The number of unbranched alkanes of at least 4 members (excludes halogenated alkanes) is 6. The third kappa shape index (κ3) is 10.4. The molecule has 0 bridgehead atoms. The molecule has 0 radical (unpaired) electrons. The van der Waals surface area contributed by atoms with E-state index in [-0.39, 0.29) is 0 Å². The minimum atomic E-state index is 1.12. The van der Waals surface area contributed by atoms with E-state index in [1.54, 1.807) is 10.8 Å². The molecule has 2 nitrogen and oxygen atoms in total. The third-order valence-electron chi connectivity index (χ3n) is 2.86. The Bertz CT molecular complexity index is 315. The summed E-state index contributed by atoms with van der Waals surface area (Å²) in [7, 11) is 7.54. The van der Waals surface area contributed by atoms with Gasteiger partial charge in [-0.25, -0.2) is 0 Å². The predicted molar refractivity (Wildman–Crippen MR) is 105 cm³/mol. The summed E-state index contributed by atoms with van der Waals surface area (Å²) in [5.41, 5.74) is 0. The van der Waals surface area contributed by atoms with E-state index in [1.165, 1.54) is 78.6 Å². The molecule has 0 saturated carbocycles. The van der Waals surface area contributed by atoms with Crippen LogP contribution in [0.15, 0.2) is 9.24 Å². The lowest BCUT2D eigenvalue weighted by atomic mass is 10.2. The van der Waals surface area contributed by atoms with Crippen molar-refractivity contribution in [1.82, 2.24) is 9.59 Å². The molecule has 0 atom stereocenters. The second-order valence-corrected chi connectivity index (χ2v) is 10.6. The highest BCUT2D eigenvalue weighted by molar-refractivity contribution is 8.78. The molecule has 122 valence electrons. The lowest BCUT2D eigenvalue weighted by molar-refractivity contribution is 0.707. The Kier molecular flexibility index (Phi) is 13.9. The zero-order valence-corrected chi connectivity index (χ0v) is 17.1. The number of hydrogen-bond acceptors (Lipinski definition) is 7. The molecular weight excluding hydrogens is 357 g/mol. The van der Waals surface area contributed by atoms with Gasteiger partial charge >= 0.3 is 0 Å². The minimum Gasteiger partial charge on any atom is -0.129 e. The zero-order chi connectivity index (χ0) is 15.2. The summed E-state index contributed by atoms with van der Waals surface area (Å²) in [5, 5.41) is 5.37. The van der Waals surface area contributed by atoms with E-state index < -0.39 is 0 Å². The van der Waals surface area contributed by atoms with Crippen molar-refractivity contribution >= 4 is 54.7 Å². The molecule has 21 heavy (non-hydrogen) atoms. The molecule has 1 aromatic heterocycles. The minimum absolute atomic E-state index is 1.12. The SMILES string of the molecule is CCCCCCSSc1nnsc1SSCCCCCC. The van der Waals surface area contributed by atoms with Gasteiger partial charge in [0, 0.05) is 11.5 Å². The molecule has 0 fully saturated rings. The van der Waals surface area contributed by atoms with Crippen molar-refractivity contribution in [3.05, 3.63) is 0 Å². The summed E-state index contributed by atoms with van der Waals surface area (Å²) in [6, 6.07) is 0. The second kappa shape index (κ2) is 14.5. The first kappa shape index (κ1) is 20.0. The second-order valence-electron chi connectivity index (χ2n) is 4.80. The first-order valence-electron chi connectivity index (χ1n) is 7.79. The summed E-state index contributed by atoms with van der Waals surface area (Å²) >= 11 is 1.54. The molecule has 0 aliphatic carbocycles. The zero-order valence-electron chi connectivity index (χ0n) is 13.0. The Morgan fingerprint density at radius 3 is 2.05 bits per heavy atom. The normalized spacial score (nSPS) is 11.1. The molecule has 0 spiro atoms. The molecular formula is C14H26N2S5. The Labute approximate surface area is 149 Å². The maximum atomic E-state index is 4.25. The van der Waals surface area contributed by atoms with Gasteiger partial charge in [0.05, 0.1) is 0 Å². The molecule has 0 aromatic carbocycles. The van der Waals surface area contributed by atoms with Gasteiger partial charge in [-0.2, -0.15) is 0 Å². The van der Waals surface area contributed by atoms with Crippen LogP contribution >= 0.6 is 54.7 Å². The average molecular weight is 383 g/mol. The van der Waals surface area contributed by atoms with Crippen LogP contribution in [0.3, 0.4) is 0 Å². The van der Waals surface area contributed by atoms with E-state index in [1.807, 2.05) is 32.4 Å². The van der Waals surface area contributed by atoms with Gasteiger partial charge < -0.3 is 0 Å². The summed E-state index contributed by atoms with van der Waals surface area (Å²) in [6.45, 7) is 4.51. The Hall–Kier alpha value is 0.960. The van der Waals surface area contributed by atoms with Gasteiger partial charge in [-0.15, -0.1) is 5.10 Å². The van der Waals surface area contributed by atoms with E-state index in [4.69, 9.17) is 0 Å². The van der Waals surface area contributed by atoms with Crippen molar-refractivity contribution in [2.75, 3.05) is 11.5 Å². The Morgan fingerprint density at radius 1 is 0.810 bits per heavy atom. The van der Waals surface area contributed by atoms with Crippen molar-refractivity contribution in [2.45, 2.75) is 74.4 Å². The van der Waals surface area contributed by atoms with Crippen molar-refractivity contribution in [1.29, 1.82) is 0 Å². The fraction of sp³-hybridized carbons (Fsp3) is 0.857. The topological polar surface area (TPSA) is 25.8 Å². The van der Waals surface area contributed by atoms with Crippen LogP contribution in [-0.4, -0.2) is 21.1 Å². The molecule has 1 rings (SSSR count). The number of hydrogen-bond donors (Lipinski definition) is 0. The van der Waals surface area contributed by atoms with Crippen LogP contribution in [0.1, 0.15) is 65.2 Å². The Morgan fingerprint density at radius 2 is 1.43 bits per heavy atom. The standard InChI is InChI=1S/C14H26N2S5/c1-3-5-7-9-11-17-20-13-14(19-16-15-13)21-18-12-10-8-6-4-2/h3-12H2,1-2H3. The van der Waals surface area contributed by atoms with Crippen LogP contribution in [-0.2, 0) is 0 Å². The first-order chi connectivity index (χ1) is 10.4. The van der Waals surface area contributed by atoms with Crippen molar-refractivity contribution < 1.29 is 0 Å². The smallest absolute Gasteiger partial charge is 0.129 e. The van der Waals surface area contributed by atoms with Crippen LogP contribution in [0, 0.1) is 0 Å². The van der Waals surface area contributed by atoms with Gasteiger partial charge in [0.1, 0.15) is 4.21 Å². The lowest BCUT2D eigenvalue weighted by Gasteiger charge is -2.01. The van der Waals surface area contributed by atoms with Gasteiger partial charge in [0.2, 0.25) is 0 Å². The van der Waals surface area contributed by atoms with Gasteiger partial charge in [-0.3, -0.25) is 0 Å². The summed E-state index contributed by atoms with van der Waals surface area (Å²) in [6.07, 6.45) is 10.7. The lowest BCUT2D eigenvalue weighted by Crippen LogP contribution is -1.79. The Balaban J connectivity index is 2.09. The molecule has 0 aliphatic heterocycles. The third-order valence-corrected chi connectivity index (χ3v) is 9.05. The monoisotopic (exact) mass is 382 g/mol. The maximum absolute atomic E-state index is 4.25. The summed E-state index contributed by atoms with van der Waals surface area (Å²) in [4.78, 5) is 0. The maximum Gasteiger partial charge on any atom is 0.156 e. The number of nitrogens with zero attached hydrogens (tertiary/aromatic N) is 2. The first-order valence-corrected chi connectivity index (χ1v) is 13.2. The van der Waals surface area contributed by atoms with Crippen LogP contribution in [0.4, 0.5) is 0 Å². The number of aromatic nitrogens is 2. The van der Waals surface area contributed by atoms with E-state index in [0.717, 1.165) is 5.03 Å². The van der Waals surface area contributed by atoms with Crippen LogP contribution in [0.2, 0.25) is 0 Å². The van der Waals surface area contributed by atoms with E-state index in [0.29, 0.717) is 0 Å². The molecule has 0 amide bonds. The van der Waals surface area contributed by atoms with E-state index in [9.17, 15) is 0 Å². The van der Waals surface area contributed by atoms with Gasteiger partial charge in [-0.1, -0.05) is 78.4 Å². The molecule has 0 N–H and O–H groups in total. The average Bonchev–Trinajstić information content (AvgIpc) is 2.94. The highest BCUT2D eigenvalue weighted by atomic mass is 33.1. The summed E-state index contributed by atoms with van der Waals surface area (Å²) < 4.78 is 5.38. The molecule has 1 heterocycles. The molecule has 0 saturated heterocycles. The largest absolute Gasteiger partial charge is 0.156 e. The van der Waals surface area contributed by atoms with E-state index >= 15 is 0 Å². The number of rotatable bonds is 14. The van der Waals surface area contributed by atoms with Crippen molar-refractivity contribution in [3.63, 3.8) is 0 Å². The van der Waals surface area contributed by atoms with Gasteiger partial charge in [0.25, 0.3) is 0 Å². The molecule has 0 aliphatic rings. The quantitative estimate of drug-likeness (QED) is 0.250. The molecule has 7 heteroatoms. The predicted octanol–water partition coefficient (Wildman–Crippen LogP) is 7.18. The van der Waals surface area contributed by atoms with Crippen LogP contribution < -0.4 is 0 Å². The summed E-state index contributed by atoms with van der Waals surface area (Å²) in [5.74, 6) is 2.45. The van der Waals surface area contributed by atoms with Crippen molar-refractivity contribution in [2.24, 2.45) is 0 Å². The van der Waals surface area contributed by atoms with Gasteiger partial charge in [0.15, 0.2) is 5.03 Å². The van der Waals surface area contributed by atoms with Crippen molar-refractivity contribution in [3.8, 4) is 0 Å². The highest BCUT2D eigenvalue weighted by Crippen LogP contribution is 2.43. The van der Waals surface area contributed by atoms with Crippen LogP contribution in [0.25, 0.3) is 0 Å². The fourth-order valence-corrected chi connectivity index (χ4v) is 7.64. The van der Waals surface area contributed by atoms with Crippen LogP contribution in [0.5, 0.6) is 0 Å². The highest BCUT2D eigenvalue weighted by Gasteiger charge is 2.10. The fourth-order valence-electron chi connectivity index (χ4n) is 1.64. The molecule has 0 unspecified atom stereocenters.